The lowest BCUT2D eigenvalue weighted by Gasteiger charge is -2.37. The second kappa shape index (κ2) is 5.04. The van der Waals surface area contributed by atoms with E-state index in [2.05, 4.69) is 21.4 Å². The molecule has 0 unspecified atom stereocenters. The summed E-state index contributed by atoms with van der Waals surface area (Å²) >= 11 is 3.20. The van der Waals surface area contributed by atoms with E-state index in [1.165, 1.54) is 12.1 Å². The van der Waals surface area contributed by atoms with Crippen LogP contribution >= 0.6 is 15.9 Å². The van der Waals surface area contributed by atoms with Crippen molar-refractivity contribution in [2.45, 2.75) is 38.0 Å². The highest BCUT2D eigenvalue weighted by molar-refractivity contribution is 9.10. The van der Waals surface area contributed by atoms with Crippen LogP contribution in [0.15, 0.2) is 28.7 Å². The first-order chi connectivity index (χ1) is 9.11. The molecule has 1 heterocycles. The molecule has 0 aromatic heterocycles. The third kappa shape index (κ3) is 2.98. The zero-order chi connectivity index (χ0) is 15.1. The monoisotopic (exact) mass is 350 g/mol. The number of nitrogens with one attached hydrogen (secondary N) is 1. The van der Waals surface area contributed by atoms with Crippen molar-refractivity contribution in [3.05, 3.63) is 34.3 Å². The Bertz CT molecular complexity index is 513. The Morgan fingerprint density at radius 2 is 1.85 bits per heavy atom. The maximum Gasteiger partial charge on any atom is 0.409 e. The number of benzene rings is 1. The van der Waals surface area contributed by atoms with Crippen molar-refractivity contribution in [1.82, 2.24) is 10.4 Å². The quantitative estimate of drug-likeness (QED) is 0.884. The number of halogens is 4. The van der Waals surface area contributed by atoms with Crippen LogP contribution < -0.4 is 5.43 Å². The van der Waals surface area contributed by atoms with Gasteiger partial charge in [-0.1, -0.05) is 28.1 Å². The third-order valence-corrected chi connectivity index (χ3v) is 3.77. The highest BCUT2D eigenvalue weighted by atomic mass is 79.9. The lowest BCUT2D eigenvalue weighted by molar-refractivity contribution is -0.203. The standard InChI is InChI=1S/C13H14BrF3N2O/c1-12(2)7-10(20)18-19(12)11(13(15,16)17)8-3-5-9(14)6-4-8/h3-6,11H,7H2,1-2H3,(H,18,20)/t11-/m0/s1. The van der Waals surface area contributed by atoms with E-state index >= 15 is 0 Å². The first kappa shape index (κ1) is 15.3. The van der Waals surface area contributed by atoms with Gasteiger partial charge in [0, 0.05) is 16.4 Å². The molecule has 1 fully saturated rings. The number of hydrogen-bond donors (Lipinski definition) is 1. The van der Waals surface area contributed by atoms with E-state index in [1.54, 1.807) is 26.0 Å². The van der Waals surface area contributed by atoms with Crippen molar-refractivity contribution in [1.29, 1.82) is 0 Å². The van der Waals surface area contributed by atoms with E-state index in [1.807, 2.05) is 0 Å². The molecule has 0 spiro atoms. The Morgan fingerprint density at radius 1 is 1.30 bits per heavy atom. The zero-order valence-electron chi connectivity index (χ0n) is 11.0. The van der Waals surface area contributed by atoms with Crippen molar-refractivity contribution >= 4 is 21.8 Å². The Morgan fingerprint density at radius 3 is 2.25 bits per heavy atom. The van der Waals surface area contributed by atoms with Crippen molar-refractivity contribution < 1.29 is 18.0 Å². The van der Waals surface area contributed by atoms with Gasteiger partial charge in [-0.15, -0.1) is 0 Å². The number of carbonyl (C=O) groups is 1. The number of carbonyl (C=O) groups excluding carboxylic acids is 1. The molecule has 1 aliphatic heterocycles. The Kier molecular flexibility index (Phi) is 3.85. The maximum absolute atomic E-state index is 13.4. The average molecular weight is 351 g/mol. The van der Waals surface area contributed by atoms with Crippen LogP contribution in [0.25, 0.3) is 0 Å². The van der Waals surface area contributed by atoms with Crippen LogP contribution in [0.3, 0.4) is 0 Å². The van der Waals surface area contributed by atoms with Gasteiger partial charge in [0.05, 0.1) is 0 Å². The largest absolute Gasteiger partial charge is 0.409 e. The average Bonchev–Trinajstić information content (AvgIpc) is 2.53. The van der Waals surface area contributed by atoms with E-state index < -0.39 is 23.7 Å². The first-order valence-corrected chi connectivity index (χ1v) is 6.81. The fourth-order valence-electron chi connectivity index (χ4n) is 2.35. The number of nitrogens with zero attached hydrogens (tertiary/aromatic N) is 1. The summed E-state index contributed by atoms with van der Waals surface area (Å²) in [6.45, 7) is 3.23. The highest BCUT2D eigenvalue weighted by Gasteiger charge is 2.52. The summed E-state index contributed by atoms with van der Waals surface area (Å²) in [6.07, 6.45) is -4.45. The van der Waals surface area contributed by atoms with Crippen LogP contribution in [-0.4, -0.2) is 22.6 Å². The van der Waals surface area contributed by atoms with Gasteiger partial charge in [0.25, 0.3) is 0 Å². The first-order valence-electron chi connectivity index (χ1n) is 6.02. The highest BCUT2D eigenvalue weighted by Crippen LogP contribution is 2.42. The summed E-state index contributed by atoms with van der Waals surface area (Å²) in [5.41, 5.74) is 1.52. The topological polar surface area (TPSA) is 32.3 Å². The van der Waals surface area contributed by atoms with Crippen LogP contribution in [0, 0.1) is 0 Å². The lowest BCUT2D eigenvalue weighted by atomic mass is 9.97. The minimum Gasteiger partial charge on any atom is -0.287 e. The summed E-state index contributed by atoms with van der Waals surface area (Å²) < 4.78 is 41.0. The van der Waals surface area contributed by atoms with Gasteiger partial charge in [-0.3, -0.25) is 10.2 Å². The van der Waals surface area contributed by atoms with Gasteiger partial charge in [-0.25, -0.2) is 0 Å². The number of hydrogen-bond acceptors (Lipinski definition) is 2. The summed E-state index contributed by atoms with van der Waals surface area (Å²) in [7, 11) is 0. The second-order valence-electron chi connectivity index (χ2n) is 5.39. The number of amides is 1. The van der Waals surface area contributed by atoms with Gasteiger partial charge in [0.1, 0.15) is 0 Å². The molecular weight excluding hydrogens is 337 g/mol. The summed E-state index contributed by atoms with van der Waals surface area (Å²) in [5.74, 6) is -0.402. The molecule has 1 amide bonds. The van der Waals surface area contributed by atoms with Crippen LogP contribution in [0.4, 0.5) is 13.2 Å². The second-order valence-corrected chi connectivity index (χ2v) is 6.31. The molecule has 1 aliphatic rings. The summed E-state index contributed by atoms with van der Waals surface area (Å²) in [5, 5.41) is 0.999. The van der Waals surface area contributed by atoms with Gasteiger partial charge >= 0.3 is 6.18 Å². The minimum absolute atomic E-state index is 0.0378. The molecule has 1 atom stereocenters. The SMILES string of the molecule is CC1(C)CC(=O)NN1[C@@H](c1ccc(Br)cc1)C(F)(F)F. The van der Waals surface area contributed by atoms with Crippen molar-refractivity contribution in [2.75, 3.05) is 0 Å². The maximum atomic E-state index is 13.4. The van der Waals surface area contributed by atoms with E-state index in [-0.39, 0.29) is 12.0 Å². The van der Waals surface area contributed by atoms with Crippen LogP contribution in [0.2, 0.25) is 0 Å². The molecule has 3 nitrogen and oxygen atoms in total. The van der Waals surface area contributed by atoms with Gasteiger partial charge in [0.15, 0.2) is 6.04 Å². The zero-order valence-corrected chi connectivity index (χ0v) is 12.5. The Hall–Kier alpha value is -1.08. The van der Waals surface area contributed by atoms with E-state index in [0.717, 1.165) is 5.01 Å². The molecule has 0 aliphatic carbocycles. The van der Waals surface area contributed by atoms with Crippen LogP contribution in [0.1, 0.15) is 31.9 Å². The molecule has 1 N–H and O–H groups in total. The predicted octanol–water partition coefficient (Wildman–Crippen LogP) is 3.57. The molecule has 110 valence electrons. The molecule has 20 heavy (non-hydrogen) atoms. The number of alkyl halides is 3. The van der Waals surface area contributed by atoms with Crippen LogP contribution in [0.5, 0.6) is 0 Å². The van der Waals surface area contributed by atoms with Gasteiger partial charge in [-0.2, -0.15) is 18.2 Å². The van der Waals surface area contributed by atoms with Gasteiger partial charge in [0.2, 0.25) is 5.91 Å². The van der Waals surface area contributed by atoms with Gasteiger partial charge in [-0.05, 0) is 31.5 Å². The molecule has 0 radical (unpaired) electrons. The fourth-order valence-corrected chi connectivity index (χ4v) is 2.61. The normalized spacial score (nSPS) is 20.8. The molecular formula is C13H14BrF3N2O. The number of rotatable bonds is 2. The molecule has 1 aromatic carbocycles. The molecule has 0 bridgehead atoms. The van der Waals surface area contributed by atoms with Crippen LogP contribution in [-0.2, 0) is 4.79 Å². The third-order valence-electron chi connectivity index (χ3n) is 3.24. The van der Waals surface area contributed by atoms with E-state index in [0.29, 0.717) is 4.47 Å². The lowest BCUT2D eigenvalue weighted by Crippen LogP contribution is -2.51. The van der Waals surface area contributed by atoms with Crippen molar-refractivity contribution in [3.63, 3.8) is 0 Å². The Labute approximate surface area is 123 Å². The predicted molar refractivity (Wildman–Crippen MR) is 71.6 cm³/mol. The molecule has 0 saturated carbocycles. The molecule has 1 saturated heterocycles. The smallest absolute Gasteiger partial charge is 0.287 e. The minimum atomic E-state index is -4.48. The van der Waals surface area contributed by atoms with Crippen molar-refractivity contribution in [2.24, 2.45) is 0 Å². The van der Waals surface area contributed by atoms with Crippen molar-refractivity contribution in [3.8, 4) is 0 Å². The molecule has 1 aromatic rings. The summed E-state index contributed by atoms with van der Waals surface area (Å²) in [4.78, 5) is 11.5. The van der Waals surface area contributed by atoms with E-state index in [4.69, 9.17) is 0 Å². The van der Waals surface area contributed by atoms with E-state index in [9.17, 15) is 18.0 Å². The molecule has 7 heteroatoms. The number of hydrazine groups is 1. The molecule has 2 rings (SSSR count). The fraction of sp³-hybridized carbons (Fsp3) is 0.462. The summed E-state index contributed by atoms with van der Waals surface area (Å²) in [6, 6.07) is 4.06. The Balaban J connectivity index is 2.44. The van der Waals surface area contributed by atoms with Gasteiger partial charge < -0.3 is 0 Å².